The summed E-state index contributed by atoms with van der Waals surface area (Å²) in [5.74, 6) is -1.06. The average molecular weight is 913 g/mol. The lowest BCUT2D eigenvalue weighted by molar-refractivity contribution is -0.391. The maximum Gasteiger partial charge on any atom is 0.335 e. The van der Waals surface area contributed by atoms with Gasteiger partial charge in [0.25, 0.3) is 0 Å². The zero-order chi connectivity index (χ0) is 46.9. The van der Waals surface area contributed by atoms with Gasteiger partial charge in [0.2, 0.25) is 0 Å². The summed E-state index contributed by atoms with van der Waals surface area (Å²) in [4.78, 5) is 12.4. The van der Waals surface area contributed by atoms with Crippen LogP contribution in [0.25, 0.3) is 0 Å². The molecule has 3 unspecified atom stereocenters. The van der Waals surface area contributed by atoms with E-state index in [1.165, 1.54) is 12.5 Å². The molecule has 0 aromatic heterocycles. The predicted octanol–water partition coefficient (Wildman–Crippen LogP) is 1.34. The number of aliphatic carboxylic acids is 1. The molecule has 8 aliphatic rings. The van der Waals surface area contributed by atoms with Gasteiger partial charge < -0.3 is 79.5 Å². The lowest BCUT2D eigenvalue weighted by Crippen LogP contribution is -2.68. The highest BCUT2D eigenvalue weighted by Gasteiger charge is 2.70. The molecule has 0 spiro atoms. The number of aliphatic hydroxyl groups is 9. The second kappa shape index (κ2) is 16.9. The van der Waals surface area contributed by atoms with Crippen molar-refractivity contribution in [3.05, 3.63) is 11.6 Å². The molecule has 0 radical (unpaired) electrons. The molecule has 4 saturated carbocycles. The largest absolute Gasteiger partial charge is 0.479 e. The van der Waals surface area contributed by atoms with E-state index in [0.29, 0.717) is 18.8 Å². The van der Waals surface area contributed by atoms with Crippen LogP contribution >= 0.6 is 0 Å². The first-order valence-electron chi connectivity index (χ1n) is 23.7. The molecule has 64 heavy (non-hydrogen) atoms. The molecule has 3 saturated heterocycles. The SMILES string of the molecule is C[C@@H]1O[C@@H](O[C@H]2[C@H](O[C@H]3CC[C@@]4(C)C(CC[C@]5(C)C4CC=C4C6CC(C)(C)C[C@@H](O)[C@]6(C)CC[C@]45C)[C@@]3(C)CO)O[C@H](C(=O)O)[C@@H](O)[C@@H]2O)[C@H](O[C@@H]2OC[C@H](O)[C@H](O)[C@@H]2O)[C@H](O)[C@H]1O. The molecule has 0 aromatic carbocycles. The average Bonchev–Trinajstić information content (AvgIpc) is 3.22. The molecule has 3 aliphatic heterocycles. The highest BCUT2D eigenvalue weighted by molar-refractivity contribution is 5.73. The number of carbonyl (C=O) groups is 1. The van der Waals surface area contributed by atoms with E-state index in [9.17, 15) is 55.9 Å². The minimum atomic E-state index is -2.01. The van der Waals surface area contributed by atoms with Crippen molar-refractivity contribution in [2.75, 3.05) is 13.2 Å². The lowest BCUT2D eigenvalue weighted by atomic mass is 9.33. The highest BCUT2D eigenvalue weighted by Crippen LogP contribution is 2.76. The topological polar surface area (TPSA) is 275 Å². The van der Waals surface area contributed by atoms with Gasteiger partial charge in [0.05, 0.1) is 31.5 Å². The maximum atomic E-state index is 12.4. The number of carboxylic acids is 1. The Balaban J connectivity index is 1.07. The van der Waals surface area contributed by atoms with Crippen LogP contribution in [0.5, 0.6) is 0 Å². The summed E-state index contributed by atoms with van der Waals surface area (Å²) in [5, 5.41) is 109. The van der Waals surface area contributed by atoms with E-state index < -0.39 is 110 Å². The third kappa shape index (κ3) is 7.49. The fourth-order valence-electron chi connectivity index (χ4n) is 14.8. The summed E-state index contributed by atoms with van der Waals surface area (Å²) >= 11 is 0. The van der Waals surface area contributed by atoms with Crippen LogP contribution < -0.4 is 0 Å². The monoisotopic (exact) mass is 913 g/mol. The van der Waals surface area contributed by atoms with Gasteiger partial charge in [0, 0.05) is 10.8 Å². The zero-order valence-corrected chi connectivity index (χ0v) is 38.7. The van der Waals surface area contributed by atoms with Crippen molar-refractivity contribution in [2.45, 2.75) is 211 Å². The van der Waals surface area contributed by atoms with E-state index in [0.717, 1.165) is 44.9 Å². The summed E-state index contributed by atoms with van der Waals surface area (Å²) in [7, 11) is 0. The quantitative estimate of drug-likeness (QED) is 0.122. The Labute approximate surface area is 376 Å². The number of ether oxygens (including phenoxy) is 6. The van der Waals surface area contributed by atoms with Crippen LogP contribution in [0, 0.1) is 50.2 Å². The molecule has 0 bridgehead atoms. The third-order valence-electron chi connectivity index (χ3n) is 19.1. The first kappa shape index (κ1) is 49.0. The van der Waals surface area contributed by atoms with Gasteiger partial charge in [-0.1, -0.05) is 60.1 Å². The Morgan fingerprint density at radius 1 is 0.703 bits per heavy atom. The number of rotatable bonds is 8. The molecule has 366 valence electrons. The van der Waals surface area contributed by atoms with Crippen LogP contribution in [0.15, 0.2) is 11.6 Å². The van der Waals surface area contributed by atoms with Gasteiger partial charge in [-0.15, -0.1) is 0 Å². The van der Waals surface area contributed by atoms with Crippen molar-refractivity contribution in [1.29, 1.82) is 0 Å². The van der Waals surface area contributed by atoms with Crippen molar-refractivity contribution in [3.63, 3.8) is 0 Å². The number of allylic oxidation sites excluding steroid dienone is 2. The molecule has 24 atom stereocenters. The van der Waals surface area contributed by atoms with E-state index in [1.54, 1.807) is 0 Å². The van der Waals surface area contributed by atoms with Crippen molar-refractivity contribution >= 4 is 5.97 Å². The van der Waals surface area contributed by atoms with E-state index in [2.05, 4.69) is 47.6 Å². The third-order valence-corrected chi connectivity index (χ3v) is 19.1. The van der Waals surface area contributed by atoms with Gasteiger partial charge >= 0.3 is 5.97 Å². The molecular formula is C47H76O17. The Morgan fingerprint density at radius 2 is 1.34 bits per heavy atom. The number of carboxylic acid groups (broad SMARTS) is 1. The van der Waals surface area contributed by atoms with Crippen LogP contribution in [0.2, 0.25) is 0 Å². The standard InChI is InChI=1S/C47H76O17/c1-21-29(51)31(53)36(63-39-34(56)30(52)24(49)19-59-39)40(60-21)64-37-33(55)32(54)35(38(57)58)62-41(37)61-28-12-13-44(5)25(45(28,6)20-48)11-14-47(8)26(44)10-9-22-23-17-42(2,3)18-27(50)43(23,4)15-16-46(22,47)7/h9,21,23-37,39-41,48-56H,10-20H2,1-8H3,(H,57,58)/t21-,23?,24-,25?,26?,27+,28-,29-,30-,31+,32-,33-,34-,35-,36+,37+,39-,40-,41+,43+,44-,45+,46+,47+/m0/s1. The minimum Gasteiger partial charge on any atom is -0.479 e. The Morgan fingerprint density at radius 3 is 2.00 bits per heavy atom. The molecule has 7 fully saturated rings. The molecule has 17 nitrogen and oxygen atoms in total. The van der Waals surface area contributed by atoms with Crippen LogP contribution in [0.1, 0.15) is 113 Å². The summed E-state index contributed by atoms with van der Waals surface area (Å²) < 4.78 is 36.1. The summed E-state index contributed by atoms with van der Waals surface area (Å²) in [6, 6.07) is 0. The minimum absolute atomic E-state index is 0.0282. The predicted molar refractivity (Wildman–Crippen MR) is 225 cm³/mol. The van der Waals surface area contributed by atoms with Gasteiger partial charge in [0.1, 0.15) is 54.9 Å². The summed E-state index contributed by atoms with van der Waals surface area (Å²) in [6.07, 6.45) is -14.6. The van der Waals surface area contributed by atoms with E-state index in [-0.39, 0.29) is 51.6 Å². The number of hydrogen-bond acceptors (Lipinski definition) is 16. The van der Waals surface area contributed by atoms with Gasteiger partial charge in [-0.05, 0) is 104 Å². The molecule has 0 aromatic rings. The Kier molecular flexibility index (Phi) is 13.0. The van der Waals surface area contributed by atoms with Crippen LogP contribution in [-0.2, 0) is 33.2 Å². The van der Waals surface area contributed by atoms with Crippen LogP contribution in [0.4, 0.5) is 0 Å². The molecule has 17 heteroatoms. The molecule has 0 amide bonds. The highest BCUT2D eigenvalue weighted by atomic mass is 16.8. The fourth-order valence-corrected chi connectivity index (χ4v) is 14.8. The fraction of sp³-hybridized carbons (Fsp3) is 0.936. The molecule has 3 heterocycles. The second-order valence-corrected chi connectivity index (χ2v) is 23.2. The van der Waals surface area contributed by atoms with Crippen molar-refractivity contribution in [3.8, 4) is 0 Å². The van der Waals surface area contributed by atoms with Gasteiger partial charge in [-0.2, -0.15) is 0 Å². The van der Waals surface area contributed by atoms with Crippen molar-refractivity contribution in [2.24, 2.45) is 50.2 Å². The van der Waals surface area contributed by atoms with E-state index in [4.69, 9.17) is 28.4 Å². The first-order chi connectivity index (χ1) is 29.8. The Hall–Kier alpha value is -1.39. The van der Waals surface area contributed by atoms with E-state index in [1.807, 2.05) is 6.92 Å². The van der Waals surface area contributed by atoms with Crippen LogP contribution in [-0.4, -0.2) is 168 Å². The first-order valence-corrected chi connectivity index (χ1v) is 23.7. The van der Waals surface area contributed by atoms with Crippen LogP contribution in [0.3, 0.4) is 0 Å². The number of aliphatic hydroxyl groups excluding tert-OH is 9. The number of hydrogen-bond donors (Lipinski definition) is 10. The van der Waals surface area contributed by atoms with E-state index >= 15 is 0 Å². The normalized spacial score (nSPS) is 56.1. The lowest BCUT2D eigenvalue weighted by Gasteiger charge is -2.72. The molecule has 8 rings (SSSR count). The zero-order valence-electron chi connectivity index (χ0n) is 38.7. The van der Waals surface area contributed by atoms with Gasteiger partial charge in [-0.25, -0.2) is 4.79 Å². The van der Waals surface area contributed by atoms with Crippen molar-refractivity contribution < 1.29 is 84.3 Å². The number of fused-ring (bicyclic) bond motifs is 7. The molecular weight excluding hydrogens is 837 g/mol. The maximum absolute atomic E-state index is 12.4. The second-order valence-electron chi connectivity index (χ2n) is 23.2. The van der Waals surface area contributed by atoms with Gasteiger partial charge in [-0.3, -0.25) is 0 Å². The molecule has 10 N–H and O–H groups in total. The smallest absolute Gasteiger partial charge is 0.335 e. The van der Waals surface area contributed by atoms with Crippen molar-refractivity contribution in [1.82, 2.24) is 0 Å². The Bertz CT molecular complexity index is 1760. The summed E-state index contributed by atoms with van der Waals surface area (Å²) in [5.41, 5.74) is 0.0868. The summed E-state index contributed by atoms with van der Waals surface area (Å²) in [6.45, 7) is 16.9. The van der Waals surface area contributed by atoms with Gasteiger partial charge in [0.15, 0.2) is 25.0 Å². The molecule has 5 aliphatic carbocycles.